The summed E-state index contributed by atoms with van der Waals surface area (Å²) in [7, 11) is -3.87. The molecule has 7 heteroatoms. The molecule has 1 aliphatic rings. The van der Waals surface area contributed by atoms with Gasteiger partial charge in [0, 0.05) is 18.5 Å². The smallest absolute Gasteiger partial charge is 0.264 e. The minimum Gasteiger partial charge on any atom is -0.326 e. The lowest BCUT2D eigenvalue weighted by atomic mass is 10.1. The van der Waals surface area contributed by atoms with E-state index in [1.54, 1.807) is 0 Å². The Hall–Kier alpha value is -2.67. The van der Waals surface area contributed by atoms with Crippen LogP contribution in [0.5, 0.6) is 0 Å². The highest BCUT2D eigenvalue weighted by molar-refractivity contribution is 7.90. The van der Waals surface area contributed by atoms with Gasteiger partial charge in [0.1, 0.15) is 0 Å². The van der Waals surface area contributed by atoms with Crippen LogP contribution in [-0.4, -0.2) is 20.2 Å². The zero-order chi connectivity index (χ0) is 18.0. The standard InChI is InChI=1S/C18H18N2O4S/c1-12(21)20-25(23,24)15-9-7-14(8-10-15)19-18(22)17-11-16(17)13-5-3-2-4-6-13/h2-10,16-17H,11H2,1H3,(H,19,22)(H,20,21)/t16-,17-/m1/s1. The SMILES string of the molecule is CC(=O)NS(=O)(=O)c1ccc(NC(=O)[C@@H]2C[C@@H]2c2ccccc2)cc1. The molecule has 2 atom stereocenters. The Morgan fingerprint density at radius 1 is 1.00 bits per heavy atom. The number of sulfonamides is 1. The summed E-state index contributed by atoms with van der Waals surface area (Å²) < 4.78 is 25.6. The highest BCUT2D eigenvalue weighted by Crippen LogP contribution is 2.47. The molecular formula is C18H18N2O4S. The molecule has 0 aliphatic heterocycles. The second kappa shape index (κ2) is 6.68. The van der Waals surface area contributed by atoms with Gasteiger partial charge in [-0.2, -0.15) is 0 Å². The van der Waals surface area contributed by atoms with E-state index in [0.29, 0.717) is 5.69 Å². The minimum atomic E-state index is -3.87. The van der Waals surface area contributed by atoms with Gasteiger partial charge in [-0.05, 0) is 42.2 Å². The lowest BCUT2D eigenvalue weighted by Gasteiger charge is -2.08. The van der Waals surface area contributed by atoms with Gasteiger partial charge in [-0.15, -0.1) is 0 Å². The van der Waals surface area contributed by atoms with Crippen molar-refractivity contribution in [3.63, 3.8) is 0 Å². The quantitative estimate of drug-likeness (QED) is 0.857. The average molecular weight is 358 g/mol. The van der Waals surface area contributed by atoms with E-state index in [2.05, 4.69) is 5.32 Å². The molecule has 25 heavy (non-hydrogen) atoms. The van der Waals surface area contributed by atoms with E-state index in [-0.39, 0.29) is 22.6 Å². The number of nitrogens with one attached hydrogen (secondary N) is 2. The number of hydrogen-bond acceptors (Lipinski definition) is 4. The fourth-order valence-electron chi connectivity index (χ4n) is 2.75. The van der Waals surface area contributed by atoms with Crippen molar-refractivity contribution >= 4 is 27.5 Å². The largest absolute Gasteiger partial charge is 0.326 e. The molecule has 1 fully saturated rings. The third-order valence-electron chi connectivity index (χ3n) is 4.07. The van der Waals surface area contributed by atoms with Gasteiger partial charge in [0.2, 0.25) is 11.8 Å². The van der Waals surface area contributed by atoms with Crippen LogP contribution < -0.4 is 10.0 Å². The van der Waals surface area contributed by atoms with Gasteiger partial charge in [0.25, 0.3) is 10.0 Å². The average Bonchev–Trinajstić information content (AvgIpc) is 3.36. The number of rotatable bonds is 5. The summed E-state index contributed by atoms with van der Waals surface area (Å²) in [5.74, 6) is -0.560. The molecule has 0 heterocycles. The van der Waals surface area contributed by atoms with Crippen LogP contribution in [0.3, 0.4) is 0 Å². The Morgan fingerprint density at radius 2 is 1.64 bits per heavy atom. The van der Waals surface area contributed by atoms with Crippen molar-refractivity contribution in [2.75, 3.05) is 5.32 Å². The molecule has 1 saturated carbocycles. The van der Waals surface area contributed by atoms with Crippen molar-refractivity contribution in [2.24, 2.45) is 5.92 Å². The van der Waals surface area contributed by atoms with E-state index in [9.17, 15) is 18.0 Å². The van der Waals surface area contributed by atoms with Crippen LogP contribution in [0.1, 0.15) is 24.8 Å². The third-order valence-corrected chi connectivity index (χ3v) is 5.51. The van der Waals surface area contributed by atoms with E-state index < -0.39 is 15.9 Å². The van der Waals surface area contributed by atoms with Crippen LogP contribution in [-0.2, 0) is 19.6 Å². The summed E-state index contributed by atoms with van der Waals surface area (Å²) >= 11 is 0. The maximum absolute atomic E-state index is 12.3. The Kier molecular flexibility index (Phi) is 4.59. The first-order chi connectivity index (χ1) is 11.9. The summed E-state index contributed by atoms with van der Waals surface area (Å²) in [5, 5.41) is 2.80. The number of carbonyl (C=O) groups is 2. The first-order valence-electron chi connectivity index (χ1n) is 7.86. The fraction of sp³-hybridized carbons (Fsp3) is 0.222. The highest BCUT2D eigenvalue weighted by Gasteiger charge is 2.43. The number of hydrogen-bond donors (Lipinski definition) is 2. The van der Waals surface area contributed by atoms with E-state index in [1.807, 2.05) is 35.1 Å². The van der Waals surface area contributed by atoms with Crippen LogP contribution in [0.25, 0.3) is 0 Å². The molecule has 0 spiro atoms. The van der Waals surface area contributed by atoms with Gasteiger partial charge in [0.15, 0.2) is 0 Å². The minimum absolute atomic E-state index is 0.0331. The van der Waals surface area contributed by atoms with Crippen LogP contribution in [0.15, 0.2) is 59.5 Å². The van der Waals surface area contributed by atoms with Gasteiger partial charge in [-0.3, -0.25) is 9.59 Å². The van der Waals surface area contributed by atoms with E-state index in [1.165, 1.54) is 24.3 Å². The molecule has 2 N–H and O–H groups in total. The van der Waals surface area contributed by atoms with Crippen molar-refractivity contribution in [3.8, 4) is 0 Å². The summed E-state index contributed by atoms with van der Waals surface area (Å²) in [5.41, 5.74) is 1.67. The zero-order valence-corrected chi connectivity index (χ0v) is 14.4. The topological polar surface area (TPSA) is 92.3 Å². The van der Waals surface area contributed by atoms with Gasteiger partial charge in [-0.25, -0.2) is 13.1 Å². The second-order valence-electron chi connectivity index (χ2n) is 6.03. The monoisotopic (exact) mass is 358 g/mol. The predicted octanol–water partition coefficient (Wildman–Crippen LogP) is 2.25. The summed E-state index contributed by atoms with van der Waals surface area (Å²) in [6, 6.07) is 15.6. The molecule has 0 aromatic heterocycles. The molecular weight excluding hydrogens is 340 g/mol. The maximum atomic E-state index is 12.3. The molecule has 1 aliphatic carbocycles. The van der Waals surface area contributed by atoms with Crippen LogP contribution in [0.4, 0.5) is 5.69 Å². The van der Waals surface area contributed by atoms with Crippen molar-refractivity contribution in [1.82, 2.24) is 4.72 Å². The number of carbonyl (C=O) groups excluding carboxylic acids is 2. The maximum Gasteiger partial charge on any atom is 0.264 e. The lowest BCUT2D eigenvalue weighted by Crippen LogP contribution is -2.28. The molecule has 0 bridgehead atoms. The van der Waals surface area contributed by atoms with Crippen molar-refractivity contribution in [3.05, 3.63) is 60.2 Å². The molecule has 2 amide bonds. The van der Waals surface area contributed by atoms with Crippen molar-refractivity contribution in [1.29, 1.82) is 0 Å². The van der Waals surface area contributed by atoms with Gasteiger partial charge < -0.3 is 5.32 Å². The van der Waals surface area contributed by atoms with Crippen molar-refractivity contribution in [2.45, 2.75) is 24.2 Å². The summed E-state index contributed by atoms with van der Waals surface area (Å²) in [6.45, 7) is 1.13. The highest BCUT2D eigenvalue weighted by atomic mass is 32.2. The predicted molar refractivity (Wildman–Crippen MR) is 93.4 cm³/mol. The van der Waals surface area contributed by atoms with Crippen LogP contribution in [0.2, 0.25) is 0 Å². The number of amides is 2. The molecule has 6 nitrogen and oxygen atoms in total. The Labute approximate surface area is 146 Å². The lowest BCUT2D eigenvalue weighted by molar-refractivity contribution is -0.118. The Bertz CT molecular complexity index is 892. The normalized spacial score (nSPS) is 19.1. The van der Waals surface area contributed by atoms with Crippen molar-refractivity contribution < 1.29 is 18.0 Å². The molecule has 2 aromatic carbocycles. The molecule has 0 radical (unpaired) electrons. The Morgan fingerprint density at radius 3 is 2.24 bits per heavy atom. The number of benzene rings is 2. The van der Waals surface area contributed by atoms with Gasteiger partial charge in [0.05, 0.1) is 4.90 Å². The molecule has 0 saturated heterocycles. The first kappa shape index (κ1) is 17.2. The third kappa shape index (κ3) is 4.06. The summed E-state index contributed by atoms with van der Waals surface area (Å²) in [4.78, 5) is 23.2. The van der Waals surface area contributed by atoms with E-state index in [4.69, 9.17) is 0 Å². The molecule has 2 aromatic rings. The van der Waals surface area contributed by atoms with Crippen LogP contribution >= 0.6 is 0 Å². The first-order valence-corrected chi connectivity index (χ1v) is 9.34. The van der Waals surface area contributed by atoms with Gasteiger partial charge in [-0.1, -0.05) is 30.3 Å². The van der Waals surface area contributed by atoms with Crippen LogP contribution in [0, 0.1) is 5.92 Å². The summed E-state index contributed by atoms with van der Waals surface area (Å²) in [6.07, 6.45) is 0.810. The van der Waals surface area contributed by atoms with Gasteiger partial charge >= 0.3 is 0 Å². The molecule has 0 unspecified atom stereocenters. The fourth-order valence-corrected chi connectivity index (χ4v) is 3.74. The van der Waals surface area contributed by atoms with E-state index in [0.717, 1.165) is 18.9 Å². The molecule has 130 valence electrons. The zero-order valence-electron chi connectivity index (χ0n) is 13.6. The second-order valence-corrected chi connectivity index (χ2v) is 7.72. The Balaban J connectivity index is 1.63. The molecule has 3 rings (SSSR count). The number of anilines is 1. The van der Waals surface area contributed by atoms with E-state index >= 15 is 0 Å².